The van der Waals surface area contributed by atoms with Crippen LogP contribution in [0.15, 0.2) is 12.5 Å². The maximum Gasteiger partial charge on any atom is 0.0921 e. The largest absolute Gasteiger partial charge is 0.348 e. The lowest BCUT2D eigenvalue weighted by Gasteiger charge is -2.08. The Kier molecular flexibility index (Phi) is 2.07. The standard InChI is InChI=1S/C12H18N2/c1-2-10-4-9(5-11(10)3-1)6-12-7-13-8-14-12/h7-11H,1-6H2,(H,13,14). The minimum atomic E-state index is 0.936. The first-order valence-corrected chi connectivity index (χ1v) is 5.89. The summed E-state index contributed by atoms with van der Waals surface area (Å²) >= 11 is 0. The van der Waals surface area contributed by atoms with Crippen LogP contribution in [0, 0.1) is 17.8 Å². The van der Waals surface area contributed by atoms with Crippen molar-refractivity contribution in [2.24, 2.45) is 17.8 Å². The average Bonchev–Trinajstić information content (AvgIpc) is 2.78. The molecule has 0 bridgehead atoms. The SMILES string of the molecule is c1ncc(CC2CC3CCCC3C2)[nH]1. The molecule has 14 heavy (non-hydrogen) atoms. The molecular formula is C12H18N2. The van der Waals surface area contributed by atoms with Gasteiger partial charge in [-0.25, -0.2) is 4.98 Å². The number of nitrogens with zero attached hydrogens (tertiary/aromatic N) is 1. The maximum atomic E-state index is 4.08. The van der Waals surface area contributed by atoms with E-state index >= 15 is 0 Å². The highest BCUT2D eigenvalue weighted by Crippen LogP contribution is 2.47. The van der Waals surface area contributed by atoms with Crippen molar-refractivity contribution >= 4 is 0 Å². The zero-order valence-electron chi connectivity index (χ0n) is 8.58. The van der Waals surface area contributed by atoms with E-state index in [4.69, 9.17) is 0 Å². The first-order valence-electron chi connectivity index (χ1n) is 5.89. The van der Waals surface area contributed by atoms with Crippen LogP contribution in [0.1, 0.15) is 37.8 Å². The van der Waals surface area contributed by atoms with Gasteiger partial charge in [0.15, 0.2) is 0 Å². The highest BCUT2D eigenvalue weighted by atomic mass is 14.9. The molecule has 2 nitrogen and oxygen atoms in total. The van der Waals surface area contributed by atoms with Gasteiger partial charge in [-0.1, -0.05) is 19.3 Å². The third-order valence-electron chi connectivity index (χ3n) is 4.15. The van der Waals surface area contributed by atoms with Crippen LogP contribution >= 0.6 is 0 Å². The number of hydrogen-bond donors (Lipinski definition) is 1. The number of fused-ring (bicyclic) bond motifs is 1. The number of nitrogens with one attached hydrogen (secondary N) is 1. The first kappa shape index (κ1) is 8.51. The summed E-state index contributed by atoms with van der Waals surface area (Å²) < 4.78 is 0. The Morgan fingerprint density at radius 1 is 1.29 bits per heavy atom. The molecule has 2 heteroatoms. The van der Waals surface area contributed by atoms with E-state index in [2.05, 4.69) is 9.97 Å². The summed E-state index contributed by atoms with van der Waals surface area (Å²) in [6.45, 7) is 0. The smallest absolute Gasteiger partial charge is 0.0921 e. The Morgan fingerprint density at radius 3 is 2.71 bits per heavy atom. The number of imidazole rings is 1. The van der Waals surface area contributed by atoms with Gasteiger partial charge in [0.1, 0.15) is 0 Å². The van der Waals surface area contributed by atoms with Gasteiger partial charge in [-0.15, -0.1) is 0 Å². The van der Waals surface area contributed by atoms with Crippen LogP contribution in [0.4, 0.5) is 0 Å². The van der Waals surface area contributed by atoms with E-state index in [1.54, 1.807) is 6.33 Å². The second-order valence-corrected chi connectivity index (χ2v) is 5.07. The number of rotatable bonds is 2. The van der Waals surface area contributed by atoms with Crippen molar-refractivity contribution in [3.05, 3.63) is 18.2 Å². The Bertz CT molecular complexity index is 279. The normalized spacial score (nSPS) is 36.1. The van der Waals surface area contributed by atoms with Gasteiger partial charge in [-0.05, 0) is 37.0 Å². The molecule has 0 saturated heterocycles. The maximum absolute atomic E-state index is 4.08. The van der Waals surface area contributed by atoms with Crippen molar-refractivity contribution in [1.29, 1.82) is 0 Å². The Labute approximate surface area is 85.1 Å². The van der Waals surface area contributed by atoms with E-state index in [1.807, 2.05) is 6.20 Å². The fraction of sp³-hybridized carbons (Fsp3) is 0.750. The van der Waals surface area contributed by atoms with E-state index in [0.29, 0.717) is 0 Å². The summed E-state index contributed by atoms with van der Waals surface area (Å²) in [5.41, 5.74) is 1.33. The van der Waals surface area contributed by atoms with Crippen molar-refractivity contribution in [3.63, 3.8) is 0 Å². The van der Waals surface area contributed by atoms with Gasteiger partial charge in [-0.3, -0.25) is 0 Å². The molecule has 2 unspecified atom stereocenters. The molecular weight excluding hydrogens is 172 g/mol. The molecule has 0 spiro atoms. The van der Waals surface area contributed by atoms with Crippen LogP contribution in [0.2, 0.25) is 0 Å². The predicted molar refractivity (Wildman–Crippen MR) is 55.8 cm³/mol. The lowest BCUT2D eigenvalue weighted by atomic mass is 9.98. The Morgan fingerprint density at radius 2 is 2.07 bits per heavy atom. The monoisotopic (exact) mass is 190 g/mol. The summed E-state index contributed by atoms with van der Waals surface area (Å²) in [6.07, 6.45) is 12.5. The topological polar surface area (TPSA) is 28.7 Å². The molecule has 0 radical (unpaired) electrons. The first-order chi connectivity index (χ1) is 6.92. The Balaban J connectivity index is 1.61. The van der Waals surface area contributed by atoms with Crippen LogP contribution in [0.5, 0.6) is 0 Å². The lowest BCUT2D eigenvalue weighted by Crippen LogP contribution is -2.01. The fourth-order valence-electron chi connectivity index (χ4n) is 3.56. The molecule has 0 amide bonds. The van der Waals surface area contributed by atoms with E-state index in [-0.39, 0.29) is 0 Å². The molecule has 1 heterocycles. The molecule has 1 aromatic rings. The minimum Gasteiger partial charge on any atom is -0.348 e. The summed E-state index contributed by atoms with van der Waals surface area (Å²) in [4.78, 5) is 7.30. The molecule has 2 fully saturated rings. The number of aromatic amines is 1. The summed E-state index contributed by atoms with van der Waals surface area (Å²) in [7, 11) is 0. The Hall–Kier alpha value is -0.790. The average molecular weight is 190 g/mol. The lowest BCUT2D eigenvalue weighted by molar-refractivity contribution is 0.457. The highest BCUT2D eigenvalue weighted by Gasteiger charge is 2.36. The molecule has 0 aromatic carbocycles. The summed E-state index contributed by atoms with van der Waals surface area (Å²) in [5, 5.41) is 0. The molecule has 3 rings (SSSR count). The van der Waals surface area contributed by atoms with Crippen molar-refractivity contribution < 1.29 is 0 Å². The second-order valence-electron chi connectivity index (χ2n) is 5.07. The second kappa shape index (κ2) is 3.41. The molecule has 2 saturated carbocycles. The fourth-order valence-corrected chi connectivity index (χ4v) is 3.56. The summed E-state index contributed by atoms with van der Waals surface area (Å²) in [5.74, 6) is 3.08. The predicted octanol–water partition coefficient (Wildman–Crippen LogP) is 2.78. The van der Waals surface area contributed by atoms with Gasteiger partial charge >= 0.3 is 0 Å². The molecule has 1 aromatic heterocycles. The number of aromatic nitrogens is 2. The van der Waals surface area contributed by atoms with Gasteiger partial charge in [0.05, 0.1) is 6.33 Å². The van der Waals surface area contributed by atoms with Crippen LogP contribution in [-0.2, 0) is 6.42 Å². The van der Waals surface area contributed by atoms with Crippen LogP contribution in [-0.4, -0.2) is 9.97 Å². The van der Waals surface area contributed by atoms with Crippen LogP contribution < -0.4 is 0 Å². The highest BCUT2D eigenvalue weighted by molar-refractivity contribution is 4.99. The van der Waals surface area contributed by atoms with E-state index < -0.39 is 0 Å². The van der Waals surface area contributed by atoms with Crippen molar-refractivity contribution in [3.8, 4) is 0 Å². The molecule has 2 atom stereocenters. The number of H-pyrrole nitrogens is 1. The van der Waals surface area contributed by atoms with Gasteiger partial charge in [0.25, 0.3) is 0 Å². The molecule has 76 valence electrons. The van der Waals surface area contributed by atoms with Crippen LogP contribution in [0.3, 0.4) is 0 Å². The molecule has 0 aliphatic heterocycles. The van der Waals surface area contributed by atoms with E-state index in [0.717, 1.165) is 17.8 Å². The molecule has 2 aliphatic rings. The molecule has 1 N–H and O–H groups in total. The third-order valence-corrected chi connectivity index (χ3v) is 4.15. The van der Waals surface area contributed by atoms with E-state index in [1.165, 1.54) is 44.2 Å². The zero-order valence-corrected chi connectivity index (χ0v) is 8.58. The third kappa shape index (κ3) is 1.47. The van der Waals surface area contributed by atoms with Crippen molar-refractivity contribution in [2.75, 3.05) is 0 Å². The summed E-state index contributed by atoms with van der Waals surface area (Å²) in [6, 6.07) is 0. The van der Waals surface area contributed by atoms with Crippen molar-refractivity contribution in [1.82, 2.24) is 9.97 Å². The quantitative estimate of drug-likeness (QED) is 0.763. The van der Waals surface area contributed by atoms with Gasteiger partial charge < -0.3 is 4.98 Å². The number of hydrogen-bond acceptors (Lipinski definition) is 1. The van der Waals surface area contributed by atoms with Gasteiger partial charge in [0, 0.05) is 11.9 Å². The zero-order chi connectivity index (χ0) is 9.38. The van der Waals surface area contributed by atoms with Crippen molar-refractivity contribution in [2.45, 2.75) is 38.5 Å². The van der Waals surface area contributed by atoms with Gasteiger partial charge in [0.2, 0.25) is 0 Å². The molecule has 2 aliphatic carbocycles. The van der Waals surface area contributed by atoms with Gasteiger partial charge in [-0.2, -0.15) is 0 Å². The van der Waals surface area contributed by atoms with Crippen LogP contribution in [0.25, 0.3) is 0 Å². The van der Waals surface area contributed by atoms with E-state index in [9.17, 15) is 0 Å². The minimum absolute atomic E-state index is 0.936.